The van der Waals surface area contributed by atoms with Crippen LogP contribution in [0.4, 0.5) is 5.69 Å². The van der Waals surface area contributed by atoms with Crippen LogP contribution < -0.4 is 11.1 Å². The molecule has 0 radical (unpaired) electrons. The average molecular weight is 282 g/mol. The lowest BCUT2D eigenvalue weighted by Gasteiger charge is -2.09. The largest absolute Gasteiger partial charge is 0.386 e. The highest BCUT2D eigenvalue weighted by atomic mass is 16.6. The van der Waals surface area contributed by atoms with Crippen LogP contribution in [0.3, 0.4) is 0 Å². The van der Waals surface area contributed by atoms with Crippen LogP contribution in [0.1, 0.15) is 11.7 Å². The number of rotatable bonds is 7. The summed E-state index contributed by atoms with van der Waals surface area (Å²) in [5, 5.41) is 23.2. The summed E-state index contributed by atoms with van der Waals surface area (Å²) < 4.78 is 4.84. The van der Waals surface area contributed by atoms with E-state index in [9.17, 15) is 15.2 Å². The van der Waals surface area contributed by atoms with E-state index >= 15 is 0 Å². The molecule has 0 spiro atoms. The first-order valence-corrected chi connectivity index (χ1v) is 5.99. The third-order valence-electron chi connectivity index (χ3n) is 2.54. The van der Waals surface area contributed by atoms with Gasteiger partial charge < -0.3 is 20.9 Å². The number of hydrogen-bond donors (Lipinski definition) is 3. The number of nitrogens with zero attached hydrogens (tertiary/aromatic N) is 2. The molecule has 20 heavy (non-hydrogen) atoms. The fourth-order valence-electron chi connectivity index (χ4n) is 1.45. The molecule has 0 aliphatic rings. The van der Waals surface area contributed by atoms with Crippen molar-refractivity contribution in [3.63, 3.8) is 0 Å². The second kappa shape index (κ2) is 8.08. The van der Waals surface area contributed by atoms with Gasteiger partial charge in [0.15, 0.2) is 5.96 Å². The van der Waals surface area contributed by atoms with Gasteiger partial charge in [-0.25, -0.2) is 0 Å². The number of nitro groups is 1. The van der Waals surface area contributed by atoms with E-state index in [1.54, 1.807) is 7.11 Å². The zero-order valence-electron chi connectivity index (χ0n) is 11.2. The molecular weight excluding hydrogens is 264 g/mol. The predicted molar refractivity (Wildman–Crippen MR) is 74.4 cm³/mol. The van der Waals surface area contributed by atoms with Crippen molar-refractivity contribution in [2.75, 3.05) is 26.8 Å². The lowest BCUT2D eigenvalue weighted by Crippen LogP contribution is -2.34. The molecule has 0 amide bonds. The van der Waals surface area contributed by atoms with Crippen molar-refractivity contribution < 1.29 is 14.8 Å². The van der Waals surface area contributed by atoms with Gasteiger partial charge in [0.1, 0.15) is 0 Å². The summed E-state index contributed by atoms with van der Waals surface area (Å²) >= 11 is 0. The minimum Gasteiger partial charge on any atom is -0.386 e. The maximum atomic E-state index is 10.5. The van der Waals surface area contributed by atoms with E-state index in [0.29, 0.717) is 18.7 Å². The Labute approximate surface area is 116 Å². The topological polar surface area (TPSA) is 123 Å². The summed E-state index contributed by atoms with van der Waals surface area (Å²) in [5.74, 6) is 0.211. The Hall–Kier alpha value is -2.19. The van der Waals surface area contributed by atoms with E-state index in [4.69, 9.17) is 10.5 Å². The van der Waals surface area contributed by atoms with Crippen LogP contribution in [0, 0.1) is 10.1 Å². The number of aliphatic hydroxyl groups excluding tert-OH is 1. The second-order valence-corrected chi connectivity index (χ2v) is 4.01. The zero-order valence-corrected chi connectivity index (χ0v) is 11.2. The van der Waals surface area contributed by atoms with Crippen LogP contribution in [0.5, 0.6) is 0 Å². The van der Waals surface area contributed by atoms with Gasteiger partial charge in [0, 0.05) is 25.8 Å². The molecule has 1 aromatic rings. The van der Waals surface area contributed by atoms with Gasteiger partial charge in [0.05, 0.1) is 24.2 Å². The van der Waals surface area contributed by atoms with Crippen molar-refractivity contribution in [2.24, 2.45) is 10.7 Å². The van der Waals surface area contributed by atoms with Crippen LogP contribution in [0.2, 0.25) is 0 Å². The highest BCUT2D eigenvalue weighted by Gasteiger charge is 2.10. The van der Waals surface area contributed by atoms with E-state index in [-0.39, 0.29) is 18.2 Å². The van der Waals surface area contributed by atoms with Crippen LogP contribution in [-0.2, 0) is 4.74 Å². The number of nitro benzene ring substituents is 1. The number of hydrogen-bond acceptors (Lipinski definition) is 5. The number of aliphatic hydroxyl groups is 1. The second-order valence-electron chi connectivity index (χ2n) is 4.01. The summed E-state index contributed by atoms with van der Waals surface area (Å²) in [6, 6.07) is 5.66. The van der Waals surface area contributed by atoms with Gasteiger partial charge in [0.2, 0.25) is 0 Å². The number of benzene rings is 1. The SMILES string of the molecule is COCCNC(N)=NC[C@@H](O)c1ccc([N+](=O)[O-])cc1. The molecule has 0 bridgehead atoms. The Morgan fingerprint density at radius 2 is 2.20 bits per heavy atom. The van der Waals surface area contributed by atoms with Gasteiger partial charge in [-0.15, -0.1) is 0 Å². The number of methoxy groups -OCH3 is 1. The number of nitrogens with one attached hydrogen (secondary N) is 1. The number of non-ortho nitro benzene ring substituents is 1. The number of guanidine groups is 1. The Kier molecular flexibility index (Phi) is 6.41. The molecule has 0 saturated carbocycles. The van der Waals surface area contributed by atoms with Crippen LogP contribution >= 0.6 is 0 Å². The number of aliphatic imine (C=N–C) groups is 1. The van der Waals surface area contributed by atoms with Crippen molar-refractivity contribution >= 4 is 11.6 Å². The Bertz CT molecular complexity index is 461. The highest BCUT2D eigenvalue weighted by molar-refractivity contribution is 5.77. The monoisotopic (exact) mass is 282 g/mol. The summed E-state index contributed by atoms with van der Waals surface area (Å²) in [5.41, 5.74) is 6.11. The van der Waals surface area contributed by atoms with E-state index in [1.807, 2.05) is 0 Å². The molecule has 8 nitrogen and oxygen atoms in total. The van der Waals surface area contributed by atoms with E-state index in [0.717, 1.165) is 0 Å². The van der Waals surface area contributed by atoms with E-state index in [2.05, 4.69) is 10.3 Å². The first kappa shape index (κ1) is 15.9. The lowest BCUT2D eigenvalue weighted by atomic mass is 10.1. The molecule has 0 aliphatic heterocycles. The minimum atomic E-state index is -0.862. The van der Waals surface area contributed by atoms with Gasteiger partial charge >= 0.3 is 0 Å². The van der Waals surface area contributed by atoms with Crippen LogP contribution in [0.15, 0.2) is 29.3 Å². The van der Waals surface area contributed by atoms with Crippen molar-refractivity contribution in [3.05, 3.63) is 39.9 Å². The molecule has 110 valence electrons. The van der Waals surface area contributed by atoms with Gasteiger partial charge in [-0.2, -0.15) is 0 Å². The van der Waals surface area contributed by atoms with Gasteiger partial charge in [-0.05, 0) is 17.7 Å². The molecule has 1 rings (SSSR count). The smallest absolute Gasteiger partial charge is 0.269 e. The summed E-state index contributed by atoms with van der Waals surface area (Å²) in [6.07, 6.45) is -0.862. The molecule has 0 aromatic heterocycles. The van der Waals surface area contributed by atoms with Crippen molar-refractivity contribution in [1.82, 2.24) is 5.32 Å². The van der Waals surface area contributed by atoms with Gasteiger partial charge in [0.25, 0.3) is 5.69 Å². The average Bonchev–Trinajstić information content (AvgIpc) is 2.45. The first-order valence-electron chi connectivity index (χ1n) is 5.99. The highest BCUT2D eigenvalue weighted by Crippen LogP contribution is 2.17. The minimum absolute atomic E-state index is 0.0230. The van der Waals surface area contributed by atoms with Gasteiger partial charge in [-0.3, -0.25) is 15.1 Å². The fraction of sp³-hybridized carbons (Fsp3) is 0.417. The molecule has 0 fully saturated rings. The van der Waals surface area contributed by atoms with Crippen molar-refractivity contribution in [3.8, 4) is 0 Å². The van der Waals surface area contributed by atoms with Crippen LogP contribution in [0.25, 0.3) is 0 Å². The van der Waals surface area contributed by atoms with E-state index < -0.39 is 11.0 Å². The molecule has 1 atom stereocenters. The zero-order chi connectivity index (χ0) is 15.0. The normalized spacial score (nSPS) is 13.0. The third kappa shape index (κ3) is 5.21. The summed E-state index contributed by atoms with van der Waals surface area (Å²) in [6.45, 7) is 1.10. The maximum absolute atomic E-state index is 10.5. The van der Waals surface area contributed by atoms with Crippen molar-refractivity contribution in [2.45, 2.75) is 6.10 Å². The predicted octanol–water partition coefficient (Wildman–Crippen LogP) is 0.179. The van der Waals surface area contributed by atoms with Gasteiger partial charge in [-0.1, -0.05) is 0 Å². The third-order valence-corrected chi connectivity index (χ3v) is 2.54. The molecule has 0 unspecified atom stereocenters. The summed E-state index contributed by atoms with van der Waals surface area (Å²) in [4.78, 5) is 14.0. The fourth-order valence-corrected chi connectivity index (χ4v) is 1.45. The molecule has 8 heteroatoms. The van der Waals surface area contributed by atoms with Crippen LogP contribution in [-0.4, -0.2) is 42.8 Å². The molecular formula is C12H18N4O4. The molecule has 0 heterocycles. The molecule has 0 saturated heterocycles. The Morgan fingerprint density at radius 3 is 2.75 bits per heavy atom. The Morgan fingerprint density at radius 1 is 1.55 bits per heavy atom. The van der Waals surface area contributed by atoms with Crippen molar-refractivity contribution in [1.29, 1.82) is 0 Å². The lowest BCUT2D eigenvalue weighted by molar-refractivity contribution is -0.384. The Balaban J connectivity index is 2.51. The molecule has 1 aromatic carbocycles. The summed E-state index contributed by atoms with van der Waals surface area (Å²) in [7, 11) is 1.58. The first-order chi connectivity index (χ1) is 9.54. The number of ether oxygens (including phenoxy) is 1. The maximum Gasteiger partial charge on any atom is 0.269 e. The number of nitrogens with two attached hydrogens (primary N) is 1. The standard InChI is InChI=1S/C12H18N4O4/c1-20-7-6-14-12(13)15-8-11(17)9-2-4-10(5-3-9)16(18)19/h2-5,11,17H,6-8H2,1H3,(H3,13,14,15)/t11-/m1/s1. The quantitative estimate of drug-likeness (QED) is 0.215. The molecule has 0 aliphatic carbocycles. The molecule has 4 N–H and O–H groups in total. The van der Waals surface area contributed by atoms with E-state index in [1.165, 1.54) is 24.3 Å².